The van der Waals surface area contributed by atoms with E-state index in [2.05, 4.69) is 89.2 Å². The third kappa shape index (κ3) is 9.24. The number of fused-ring (bicyclic) bond motifs is 6. The number of hydrogen-bond donors (Lipinski definition) is 1. The number of carbonyl (C=O) groups excluding carboxylic acids is 1. The van der Waals surface area contributed by atoms with Crippen molar-refractivity contribution in [2.45, 2.75) is 122 Å². The minimum absolute atomic E-state index is 0. The Morgan fingerprint density at radius 2 is 1.45 bits per heavy atom. The summed E-state index contributed by atoms with van der Waals surface area (Å²) in [7, 11) is 0. The number of hydrogen-bond acceptors (Lipinski definition) is 5. The Morgan fingerprint density at radius 1 is 0.818 bits per heavy atom. The van der Waals surface area contributed by atoms with Crippen LogP contribution in [0.3, 0.4) is 0 Å². The van der Waals surface area contributed by atoms with E-state index in [9.17, 15) is 9.90 Å². The van der Waals surface area contributed by atoms with Crippen LogP contribution >= 0.6 is 0 Å². The quantitative estimate of drug-likeness (QED) is 0.0573. The van der Waals surface area contributed by atoms with Gasteiger partial charge in [0.2, 0.25) is 0 Å². The minimum atomic E-state index is -0.337. The first-order valence-corrected chi connectivity index (χ1v) is 20.1. The third-order valence-electron chi connectivity index (χ3n) is 11.7. The van der Waals surface area contributed by atoms with Crippen LogP contribution in [0.25, 0.3) is 54.9 Å². The zero-order valence-corrected chi connectivity index (χ0v) is 37.6. The van der Waals surface area contributed by atoms with Crippen LogP contribution in [0.5, 0.6) is 0 Å². The molecule has 55 heavy (non-hydrogen) atoms. The number of carbonyl (C=O) groups is 1. The average molecular weight is 918 g/mol. The van der Waals surface area contributed by atoms with Gasteiger partial charge >= 0.3 is 0 Å². The van der Waals surface area contributed by atoms with Gasteiger partial charge in [-0.3, -0.25) is 9.78 Å². The summed E-state index contributed by atoms with van der Waals surface area (Å²) < 4.78 is 6.43. The van der Waals surface area contributed by atoms with Crippen LogP contribution in [0.2, 0.25) is 0 Å². The van der Waals surface area contributed by atoms with E-state index in [0.29, 0.717) is 11.8 Å². The number of aryl methyl sites for hydroxylation is 2. The molecule has 295 valence electrons. The number of ketones is 1. The Balaban J connectivity index is 0.000000320. The van der Waals surface area contributed by atoms with Gasteiger partial charge < -0.3 is 9.52 Å². The van der Waals surface area contributed by atoms with Crippen molar-refractivity contribution < 1.29 is 34.4 Å². The number of aliphatic hydroxyl groups is 1. The molecule has 2 heterocycles. The molecule has 0 bridgehead atoms. The van der Waals surface area contributed by atoms with Crippen LogP contribution in [0, 0.1) is 42.6 Å². The number of aliphatic hydroxyl groups excluding tert-OH is 1. The molecular weight excluding hydrogens is 857 g/mol. The molecule has 6 rings (SSSR count). The van der Waals surface area contributed by atoms with Crippen molar-refractivity contribution in [2.24, 2.45) is 22.7 Å². The Kier molecular flexibility index (Phi) is 14.3. The topological polar surface area (TPSA) is 76.2 Å². The number of allylic oxidation sites excluding steroid dienone is 2. The van der Waals surface area contributed by atoms with Gasteiger partial charge in [-0.05, 0) is 97.7 Å². The summed E-state index contributed by atoms with van der Waals surface area (Å²) in [5, 5.41) is 15.9. The van der Waals surface area contributed by atoms with E-state index in [-0.39, 0.29) is 42.5 Å². The molecule has 0 unspecified atom stereocenters. The van der Waals surface area contributed by atoms with Crippen molar-refractivity contribution in [3.8, 4) is 11.3 Å². The van der Waals surface area contributed by atoms with Crippen LogP contribution in [0.1, 0.15) is 117 Å². The summed E-state index contributed by atoms with van der Waals surface area (Å²) in [6, 6.07) is 23.1. The Labute approximate surface area is 342 Å². The Bertz CT molecular complexity index is 2320. The van der Waals surface area contributed by atoms with Crippen LogP contribution < -0.4 is 0 Å². The summed E-state index contributed by atoms with van der Waals surface area (Å²) in [6.45, 7) is 25.3. The van der Waals surface area contributed by atoms with Gasteiger partial charge in [0.15, 0.2) is 5.78 Å². The molecule has 0 atom stereocenters. The molecule has 1 radical (unpaired) electrons. The molecule has 0 fully saturated rings. The van der Waals surface area contributed by atoms with Gasteiger partial charge in [0.05, 0.1) is 11.1 Å². The molecule has 0 saturated carbocycles. The molecule has 0 saturated heterocycles. The zero-order valence-electron chi connectivity index (χ0n) is 35.2. The summed E-state index contributed by atoms with van der Waals surface area (Å²) in [5.74, 6) is 2.21. The molecule has 0 aliphatic carbocycles. The van der Waals surface area contributed by atoms with E-state index < -0.39 is 0 Å². The second-order valence-corrected chi connectivity index (χ2v) is 16.8. The van der Waals surface area contributed by atoms with E-state index in [1.54, 1.807) is 0 Å². The largest absolute Gasteiger partial charge is 0.512 e. The van der Waals surface area contributed by atoms with Gasteiger partial charge in [-0.25, -0.2) is 4.98 Å². The fourth-order valence-corrected chi connectivity index (χ4v) is 7.41. The van der Waals surface area contributed by atoms with E-state index in [0.717, 1.165) is 88.4 Å². The van der Waals surface area contributed by atoms with Crippen molar-refractivity contribution in [3.63, 3.8) is 0 Å². The number of rotatable bonds is 12. The SMILES string of the molecule is CCC(C)(CC)C(=O)/C=C(\O)C(C)(CC)CC.Cc1ccc2c(c1)oc1c(-c3nc(C)nc4c3ccc3cc(CC(C)C)cc(CC(C)C)c34)[c-]ccc12.[Ir]. The first kappa shape index (κ1) is 43.9. The second kappa shape index (κ2) is 17.9. The average Bonchev–Trinajstić information content (AvgIpc) is 3.51. The van der Waals surface area contributed by atoms with E-state index in [1.807, 2.05) is 54.5 Å². The molecule has 0 aliphatic rings. The maximum atomic E-state index is 12.2. The van der Waals surface area contributed by atoms with Crippen LogP contribution in [-0.4, -0.2) is 20.9 Å². The van der Waals surface area contributed by atoms with Crippen molar-refractivity contribution >= 4 is 49.4 Å². The molecular formula is C49H61IrN2O3-. The van der Waals surface area contributed by atoms with Crippen molar-refractivity contribution in [3.05, 3.63) is 95.0 Å². The van der Waals surface area contributed by atoms with Gasteiger partial charge in [0.1, 0.15) is 17.2 Å². The van der Waals surface area contributed by atoms with Gasteiger partial charge in [-0.1, -0.05) is 117 Å². The first-order chi connectivity index (χ1) is 25.6. The van der Waals surface area contributed by atoms with Crippen LogP contribution in [0.15, 0.2) is 70.8 Å². The first-order valence-electron chi connectivity index (χ1n) is 20.1. The van der Waals surface area contributed by atoms with Crippen molar-refractivity contribution in [1.29, 1.82) is 0 Å². The smallest absolute Gasteiger partial charge is 0.164 e. The minimum Gasteiger partial charge on any atom is -0.512 e. The molecule has 4 aromatic carbocycles. The fraction of sp³-hybridized carbons (Fsp3) is 0.449. The monoisotopic (exact) mass is 918 g/mol. The molecule has 0 amide bonds. The fourth-order valence-electron chi connectivity index (χ4n) is 7.41. The molecule has 6 heteroatoms. The van der Waals surface area contributed by atoms with Crippen molar-refractivity contribution in [1.82, 2.24) is 9.97 Å². The molecule has 1 N–H and O–H groups in total. The van der Waals surface area contributed by atoms with Crippen LogP contribution in [-0.2, 0) is 37.7 Å². The van der Waals surface area contributed by atoms with E-state index >= 15 is 0 Å². The molecule has 0 aliphatic heterocycles. The maximum absolute atomic E-state index is 12.2. The van der Waals surface area contributed by atoms with Gasteiger partial charge in [-0.2, -0.15) is 0 Å². The molecule has 2 aromatic heterocycles. The second-order valence-electron chi connectivity index (χ2n) is 16.8. The number of nitrogens with zero attached hydrogens (tertiary/aromatic N) is 2. The normalized spacial score (nSPS) is 12.5. The predicted molar refractivity (Wildman–Crippen MR) is 228 cm³/mol. The predicted octanol–water partition coefficient (Wildman–Crippen LogP) is 13.8. The maximum Gasteiger partial charge on any atom is 0.164 e. The molecule has 0 spiro atoms. The Hall–Kier alpha value is -3.86. The zero-order chi connectivity index (χ0) is 39.5. The summed E-state index contributed by atoms with van der Waals surface area (Å²) in [5.41, 5.74) is 7.87. The van der Waals surface area contributed by atoms with E-state index in [4.69, 9.17) is 14.4 Å². The Morgan fingerprint density at radius 3 is 2.07 bits per heavy atom. The van der Waals surface area contributed by atoms with Gasteiger partial charge in [0.25, 0.3) is 0 Å². The van der Waals surface area contributed by atoms with Gasteiger partial charge in [0, 0.05) is 53.5 Å². The number of furan rings is 1. The summed E-state index contributed by atoms with van der Waals surface area (Å²) >= 11 is 0. The number of aromatic nitrogens is 2. The van der Waals surface area contributed by atoms with Crippen molar-refractivity contribution in [2.75, 3.05) is 0 Å². The van der Waals surface area contributed by atoms with Gasteiger partial charge in [-0.15, -0.1) is 18.2 Å². The summed E-state index contributed by atoms with van der Waals surface area (Å²) in [6.07, 6.45) is 6.85. The van der Waals surface area contributed by atoms with Crippen LogP contribution in [0.4, 0.5) is 0 Å². The standard InChI is InChI=1S/C34H33N2O.C15H28O2.Ir/c1-19(2)14-23-17-24-11-13-28-32(35-22(6)36-33(28)31(24)25(18-23)15-20(3)4)29-9-7-8-27-26-12-10-21(5)16-30(26)37-34(27)29;1-7-14(5,8-2)12(16)11-13(17)15(6,9-3)10-4;/h7-8,10-13,16-20H,14-15H2,1-6H3;11,16H,7-10H2,1-6H3;/q-1;;/b;12-11-;. The third-order valence-corrected chi connectivity index (χ3v) is 11.7. The molecule has 5 nitrogen and oxygen atoms in total. The molecule has 6 aromatic rings. The summed E-state index contributed by atoms with van der Waals surface area (Å²) in [4.78, 5) is 22.2. The number of benzene rings is 4. The van der Waals surface area contributed by atoms with E-state index in [1.165, 1.54) is 33.5 Å².